The van der Waals surface area contributed by atoms with Gasteiger partial charge in [0.15, 0.2) is 0 Å². The van der Waals surface area contributed by atoms with E-state index in [9.17, 15) is 10.1 Å². The Morgan fingerprint density at radius 1 is 1.35 bits per heavy atom. The van der Waals surface area contributed by atoms with Crippen molar-refractivity contribution in [2.24, 2.45) is 5.92 Å². The Morgan fingerprint density at radius 2 is 2.08 bits per heavy atom. The van der Waals surface area contributed by atoms with Gasteiger partial charge in [-0.1, -0.05) is 0 Å². The molecule has 0 bridgehead atoms. The van der Waals surface area contributed by atoms with E-state index in [-0.39, 0.29) is 5.69 Å². The third-order valence-electron chi connectivity index (χ3n) is 4.99. The summed E-state index contributed by atoms with van der Waals surface area (Å²) in [6.45, 7) is 9.26. The maximum atomic E-state index is 10.8. The summed E-state index contributed by atoms with van der Waals surface area (Å²) >= 11 is 0. The molecular weight excluding hydrogens is 334 g/mol. The van der Waals surface area contributed by atoms with Crippen LogP contribution in [-0.2, 0) is 6.54 Å². The van der Waals surface area contributed by atoms with Crippen LogP contribution in [0.25, 0.3) is 0 Å². The number of hydrogen-bond donors (Lipinski definition) is 1. The number of likely N-dealkylation sites (tertiary alicyclic amines) is 1. The first-order valence-electron chi connectivity index (χ1n) is 8.92. The molecule has 0 amide bonds. The van der Waals surface area contributed by atoms with Crippen LogP contribution in [-0.4, -0.2) is 39.4 Å². The van der Waals surface area contributed by atoms with E-state index in [1.807, 2.05) is 13.8 Å². The van der Waals surface area contributed by atoms with Gasteiger partial charge in [0, 0.05) is 12.1 Å². The van der Waals surface area contributed by atoms with Gasteiger partial charge in [0.25, 0.3) is 5.69 Å². The van der Waals surface area contributed by atoms with Crippen LogP contribution in [0, 0.1) is 36.8 Å². The summed E-state index contributed by atoms with van der Waals surface area (Å²) in [4.78, 5) is 21.4. The highest BCUT2D eigenvalue weighted by atomic mass is 16.6. The van der Waals surface area contributed by atoms with Crippen LogP contribution in [0.1, 0.15) is 35.7 Å². The first-order valence-corrected chi connectivity index (χ1v) is 8.92. The third-order valence-corrected chi connectivity index (χ3v) is 4.99. The van der Waals surface area contributed by atoms with Gasteiger partial charge in [-0.2, -0.15) is 0 Å². The van der Waals surface area contributed by atoms with Crippen molar-refractivity contribution < 1.29 is 9.34 Å². The van der Waals surface area contributed by atoms with E-state index in [0.717, 1.165) is 56.4 Å². The number of piperidine rings is 1. The average Bonchev–Trinajstić information content (AvgIpc) is 2.91. The molecule has 0 saturated carbocycles. The molecule has 2 aromatic heterocycles. The zero-order chi connectivity index (χ0) is 18.7. The number of rotatable bonds is 6. The Balaban J connectivity index is 1.45. The highest BCUT2D eigenvalue weighted by Gasteiger charge is 2.21. The topological polar surface area (TPSA) is 97.3 Å². The maximum Gasteiger partial charge on any atom is 0.290 e. The van der Waals surface area contributed by atoms with Crippen molar-refractivity contribution in [1.82, 2.24) is 14.9 Å². The second-order valence-electron chi connectivity index (χ2n) is 6.96. The van der Waals surface area contributed by atoms with Crippen molar-refractivity contribution in [3.05, 3.63) is 45.3 Å². The van der Waals surface area contributed by atoms with Crippen molar-refractivity contribution in [3.63, 3.8) is 0 Å². The van der Waals surface area contributed by atoms with Gasteiger partial charge in [0.1, 0.15) is 17.8 Å². The summed E-state index contributed by atoms with van der Waals surface area (Å²) in [5.74, 6) is 2.95. The van der Waals surface area contributed by atoms with Gasteiger partial charge in [-0.05, 0) is 58.7 Å². The third kappa shape index (κ3) is 4.37. The van der Waals surface area contributed by atoms with Crippen molar-refractivity contribution >= 4 is 11.5 Å². The second kappa shape index (κ2) is 7.82. The maximum absolute atomic E-state index is 10.8. The number of aromatic nitrogens is 2. The van der Waals surface area contributed by atoms with E-state index in [4.69, 9.17) is 4.42 Å². The summed E-state index contributed by atoms with van der Waals surface area (Å²) in [5.41, 5.74) is 1.64. The lowest BCUT2D eigenvalue weighted by molar-refractivity contribution is -0.385. The highest BCUT2D eigenvalue weighted by molar-refractivity contribution is 5.46. The molecule has 1 fully saturated rings. The predicted molar refractivity (Wildman–Crippen MR) is 98.1 cm³/mol. The van der Waals surface area contributed by atoms with Gasteiger partial charge in [-0.3, -0.25) is 15.0 Å². The van der Waals surface area contributed by atoms with E-state index >= 15 is 0 Å². The van der Waals surface area contributed by atoms with E-state index in [1.165, 1.54) is 6.20 Å². The van der Waals surface area contributed by atoms with Crippen LogP contribution in [0.3, 0.4) is 0 Å². The molecular formula is C18H25N5O3. The number of nitro groups is 1. The Labute approximate surface area is 152 Å². The molecule has 0 unspecified atom stereocenters. The smallest absolute Gasteiger partial charge is 0.290 e. The van der Waals surface area contributed by atoms with Crippen LogP contribution in [0.5, 0.6) is 0 Å². The molecule has 0 atom stereocenters. The summed E-state index contributed by atoms with van der Waals surface area (Å²) in [7, 11) is 0. The van der Waals surface area contributed by atoms with Gasteiger partial charge in [-0.25, -0.2) is 9.97 Å². The monoisotopic (exact) mass is 359 g/mol. The molecule has 0 aliphatic carbocycles. The summed E-state index contributed by atoms with van der Waals surface area (Å²) < 4.78 is 5.67. The van der Waals surface area contributed by atoms with E-state index < -0.39 is 4.92 Å². The molecule has 26 heavy (non-hydrogen) atoms. The predicted octanol–water partition coefficient (Wildman–Crippen LogP) is 3.23. The quantitative estimate of drug-likeness (QED) is 0.624. The van der Waals surface area contributed by atoms with Crippen LogP contribution in [0.2, 0.25) is 0 Å². The lowest BCUT2D eigenvalue weighted by atomic mass is 9.97. The zero-order valence-corrected chi connectivity index (χ0v) is 15.5. The molecule has 0 radical (unpaired) electrons. The Morgan fingerprint density at radius 3 is 2.65 bits per heavy atom. The summed E-state index contributed by atoms with van der Waals surface area (Å²) in [6, 6.07) is 1.74. The number of aryl methyl sites for hydroxylation is 3. The van der Waals surface area contributed by atoms with E-state index in [1.54, 1.807) is 13.0 Å². The molecule has 8 heteroatoms. The standard InChI is InChI=1S/C18H25N5O3/c1-12-8-17(20-10-16(12)23(24)25)19-9-15-4-6-22(7-5-15)11-18-21-13(2)14(3)26-18/h8,10,15H,4-7,9,11H2,1-3H3,(H,19,20). The average molecular weight is 359 g/mol. The molecule has 8 nitrogen and oxygen atoms in total. The molecule has 0 aromatic carbocycles. The Bertz CT molecular complexity index is 762. The van der Waals surface area contributed by atoms with Crippen molar-refractivity contribution in [2.45, 2.75) is 40.2 Å². The fourth-order valence-electron chi connectivity index (χ4n) is 3.23. The number of pyridine rings is 1. The van der Waals surface area contributed by atoms with E-state index in [2.05, 4.69) is 20.2 Å². The molecule has 3 rings (SSSR count). The molecule has 1 aliphatic rings. The largest absolute Gasteiger partial charge is 0.444 e. The van der Waals surface area contributed by atoms with Gasteiger partial charge >= 0.3 is 0 Å². The summed E-state index contributed by atoms with van der Waals surface area (Å²) in [5, 5.41) is 14.2. The highest BCUT2D eigenvalue weighted by Crippen LogP contribution is 2.22. The van der Waals surface area contributed by atoms with Gasteiger partial charge < -0.3 is 9.73 Å². The molecule has 0 spiro atoms. The minimum atomic E-state index is -0.404. The minimum absolute atomic E-state index is 0.0564. The number of nitrogens with zero attached hydrogens (tertiary/aromatic N) is 4. The van der Waals surface area contributed by atoms with Crippen LogP contribution in [0.15, 0.2) is 16.7 Å². The number of oxazole rings is 1. The van der Waals surface area contributed by atoms with Crippen molar-refractivity contribution in [1.29, 1.82) is 0 Å². The fraction of sp³-hybridized carbons (Fsp3) is 0.556. The molecule has 1 aliphatic heterocycles. The van der Waals surface area contributed by atoms with E-state index in [0.29, 0.717) is 17.3 Å². The van der Waals surface area contributed by atoms with Gasteiger partial charge in [0.2, 0.25) is 5.89 Å². The normalized spacial score (nSPS) is 16.0. The van der Waals surface area contributed by atoms with Crippen molar-refractivity contribution in [3.8, 4) is 0 Å². The Hall–Kier alpha value is -2.48. The lowest BCUT2D eigenvalue weighted by Gasteiger charge is -2.31. The summed E-state index contributed by atoms with van der Waals surface area (Å²) in [6.07, 6.45) is 3.51. The van der Waals surface area contributed by atoms with Gasteiger partial charge in [-0.15, -0.1) is 0 Å². The molecule has 3 heterocycles. The minimum Gasteiger partial charge on any atom is -0.444 e. The first kappa shape index (κ1) is 18.3. The Kier molecular flexibility index (Phi) is 5.51. The molecule has 140 valence electrons. The van der Waals surface area contributed by atoms with Crippen LogP contribution < -0.4 is 5.32 Å². The number of anilines is 1. The fourth-order valence-corrected chi connectivity index (χ4v) is 3.23. The SMILES string of the molecule is Cc1cc(NCC2CCN(Cc3nc(C)c(C)o3)CC2)ncc1[N+](=O)[O-]. The molecule has 2 aromatic rings. The van der Waals surface area contributed by atoms with Gasteiger partial charge in [0.05, 0.1) is 17.2 Å². The lowest BCUT2D eigenvalue weighted by Crippen LogP contribution is -2.35. The number of hydrogen-bond acceptors (Lipinski definition) is 7. The number of nitrogens with one attached hydrogen (secondary N) is 1. The van der Waals surface area contributed by atoms with Crippen molar-refractivity contribution in [2.75, 3.05) is 25.0 Å². The first-order chi connectivity index (χ1) is 12.4. The zero-order valence-electron chi connectivity index (χ0n) is 15.5. The molecule has 1 N–H and O–H groups in total. The second-order valence-corrected chi connectivity index (χ2v) is 6.96. The molecule has 1 saturated heterocycles. The van der Waals surface area contributed by atoms with Crippen LogP contribution >= 0.6 is 0 Å². The van der Waals surface area contributed by atoms with Crippen LogP contribution in [0.4, 0.5) is 11.5 Å².